The van der Waals surface area contributed by atoms with Crippen molar-refractivity contribution in [3.8, 4) is 11.3 Å². The molecule has 33 heavy (non-hydrogen) atoms. The van der Waals surface area contributed by atoms with Crippen molar-refractivity contribution < 1.29 is 39.5 Å². The van der Waals surface area contributed by atoms with Crippen molar-refractivity contribution in [3.05, 3.63) is 65.6 Å². The molecule has 0 fully saturated rings. The van der Waals surface area contributed by atoms with Crippen molar-refractivity contribution in [2.24, 2.45) is 4.99 Å². The molecule has 0 bridgehead atoms. The summed E-state index contributed by atoms with van der Waals surface area (Å²) in [5.74, 6) is -2.18. The molecule has 0 unspecified atom stereocenters. The van der Waals surface area contributed by atoms with E-state index < -0.39 is 48.1 Å². The number of hydrogen-bond acceptors (Lipinski definition) is 3. The minimum atomic E-state index is -4.66. The molecule has 0 saturated carbocycles. The summed E-state index contributed by atoms with van der Waals surface area (Å²) in [7, 11) is 0. The molecule has 11 heteroatoms. The molecular formula is C22H16F8N2O. The summed E-state index contributed by atoms with van der Waals surface area (Å²) < 4.78 is 110. The Balaban J connectivity index is 2.33. The number of anilines is 1. The lowest BCUT2D eigenvalue weighted by Crippen LogP contribution is -2.21. The van der Waals surface area contributed by atoms with Crippen molar-refractivity contribution in [3.63, 3.8) is 0 Å². The summed E-state index contributed by atoms with van der Waals surface area (Å²) >= 11 is 0. The Morgan fingerprint density at radius 1 is 1.03 bits per heavy atom. The van der Waals surface area contributed by atoms with Gasteiger partial charge in [0.05, 0.1) is 11.0 Å². The molecule has 0 amide bonds. The van der Waals surface area contributed by atoms with Gasteiger partial charge in [-0.25, -0.2) is 8.78 Å². The maximum Gasteiger partial charge on any atom is 0.407 e. The molecule has 1 aromatic rings. The van der Waals surface area contributed by atoms with Gasteiger partial charge in [-0.2, -0.15) is 26.3 Å². The highest BCUT2D eigenvalue weighted by atomic mass is 19.4. The highest BCUT2D eigenvalue weighted by Crippen LogP contribution is 2.39. The average Bonchev–Trinajstić information content (AvgIpc) is 2.70. The fourth-order valence-electron chi connectivity index (χ4n) is 3.22. The second-order valence-corrected chi connectivity index (χ2v) is 6.95. The maximum absolute atomic E-state index is 14.6. The van der Waals surface area contributed by atoms with Crippen molar-refractivity contribution in [2.45, 2.75) is 19.3 Å². The highest BCUT2D eigenvalue weighted by Gasteiger charge is 2.28. The number of nitrogens with one attached hydrogen (secondary N) is 1. The third-order valence-corrected chi connectivity index (χ3v) is 4.60. The SMILES string of the molecule is C=C/C(=C\C)c1c2cc(F)/c(=N\CC(F)(F)F)cc-2oc2cc(NCC(F)(F)F)c(F)cc12. The molecule has 0 aromatic heterocycles. The van der Waals surface area contributed by atoms with Gasteiger partial charge >= 0.3 is 12.4 Å². The highest BCUT2D eigenvalue weighted by molar-refractivity contribution is 6.01. The molecule has 0 spiro atoms. The van der Waals surface area contributed by atoms with Gasteiger partial charge in [-0.15, -0.1) is 0 Å². The lowest BCUT2D eigenvalue weighted by atomic mass is 9.93. The van der Waals surface area contributed by atoms with Gasteiger partial charge in [-0.3, -0.25) is 4.99 Å². The molecule has 1 aromatic carbocycles. The van der Waals surface area contributed by atoms with Gasteiger partial charge in [0.1, 0.15) is 36.1 Å². The Hall–Kier alpha value is -3.37. The molecule has 1 N–H and O–H groups in total. The molecule has 1 heterocycles. The predicted molar refractivity (Wildman–Crippen MR) is 108 cm³/mol. The number of alkyl halides is 6. The van der Waals surface area contributed by atoms with Gasteiger partial charge < -0.3 is 9.73 Å². The average molecular weight is 476 g/mol. The Morgan fingerprint density at radius 3 is 2.30 bits per heavy atom. The van der Waals surface area contributed by atoms with E-state index in [0.717, 1.165) is 24.3 Å². The van der Waals surface area contributed by atoms with E-state index in [2.05, 4.69) is 11.6 Å². The number of benzene rings is 2. The Labute approximate surface area is 182 Å². The molecule has 1 aliphatic carbocycles. The van der Waals surface area contributed by atoms with Gasteiger partial charge in [0.15, 0.2) is 0 Å². The van der Waals surface area contributed by atoms with Crippen LogP contribution < -0.4 is 10.7 Å². The summed E-state index contributed by atoms with van der Waals surface area (Å²) in [6, 6.07) is 3.77. The summed E-state index contributed by atoms with van der Waals surface area (Å²) in [6.45, 7) is 2.14. The normalized spacial score (nSPS) is 13.7. The maximum atomic E-state index is 14.6. The number of hydrogen-bond donors (Lipinski definition) is 1. The standard InChI is InChI=1S/C22H16F8N2O/c1-3-11(4-2)20-12-5-14(23)16(31-9-21(25,26)27)7-18(12)33-19-8-17(15(24)6-13(19)20)32-10-22(28,29)30/h3-8,31H,1,9-10H2,2H3/b11-4+,32-17-. The van der Waals surface area contributed by atoms with Crippen molar-refractivity contribution >= 4 is 22.2 Å². The molecule has 1 aliphatic heterocycles. The van der Waals surface area contributed by atoms with Crippen LogP contribution in [0.3, 0.4) is 0 Å². The van der Waals surface area contributed by atoms with Crippen LogP contribution in [0.4, 0.5) is 40.8 Å². The first kappa shape index (κ1) is 24.3. The molecule has 3 nitrogen and oxygen atoms in total. The first-order valence-corrected chi connectivity index (χ1v) is 9.39. The van der Waals surface area contributed by atoms with Crippen molar-refractivity contribution in [1.29, 1.82) is 0 Å². The quantitative estimate of drug-likeness (QED) is 0.249. The molecule has 0 saturated heterocycles. The largest absolute Gasteiger partial charge is 0.456 e. The van der Waals surface area contributed by atoms with Crippen LogP contribution in [0, 0.1) is 11.6 Å². The zero-order valence-electron chi connectivity index (χ0n) is 17.0. The number of nitrogens with zero attached hydrogens (tertiary/aromatic N) is 1. The first-order valence-electron chi connectivity index (χ1n) is 9.39. The van der Waals surface area contributed by atoms with E-state index in [9.17, 15) is 35.1 Å². The van der Waals surface area contributed by atoms with Crippen molar-refractivity contribution in [1.82, 2.24) is 0 Å². The number of fused-ring (bicyclic) bond motifs is 2. The molecule has 2 aliphatic rings. The van der Waals surface area contributed by atoms with Crippen molar-refractivity contribution in [2.75, 3.05) is 18.4 Å². The van der Waals surface area contributed by atoms with E-state index >= 15 is 0 Å². The third-order valence-electron chi connectivity index (χ3n) is 4.60. The van der Waals surface area contributed by atoms with Crippen LogP contribution in [0.2, 0.25) is 0 Å². The topological polar surface area (TPSA) is 37.5 Å². The van der Waals surface area contributed by atoms with Gasteiger partial charge in [-0.1, -0.05) is 18.7 Å². The summed E-state index contributed by atoms with van der Waals surface area (Å²) in [5, 5.41) is 1.41. The van der Waals surface area contributed by atoms with Crippen LogP contribution in [-0.4, -0.2) is 25.4 Å². The Bertz CT molecular complexity index is 1270. The second kappa shape index (κ2) is 8.87. The lowest BCUT2D eigenvalue weighted by molar-refractivity contribution is -0.118. The van der Waals surface area contributed by atoms with Gasteiger partial charge in [0.2, 0.25) is 0 Å². The molecular weight excluding hydrogens is 460 g/mol. The van der Waals surface area contributed by atoms with Crippen LogP contribution in [0.1, 0.15) is 12.5 Å². The summed E-state index contributed by atoms with van der Waals surface area (Å²) in [6.07, 6.45) is -6.30. The Kier molecular flexibility index (Phi) is 6.53. The molecule has 176 valence electrons. The summed E-state index contributed by atoms with van der Waals surface area (Å²) in [5.41, 5.74) is 0.160. The third kappa shape index (κ3) is 5.52. The summed E-state index contributed by atoms with van der Waals surface area (Å²) in [4.78, 5) is 3.22. The van der Waals surface area contributed by atoms with Crippen LogP contribution >= 0.6 is 0 Å². The van der Waals surface area contributed by atoms with E-state index in [0.29, 0.717) is 5.57 Å². The fourth-order valence-corrected chi connectivity index (χ4v) is 3.22. The number of rotatable bonds is 5. The fraction of sp³-hybridized carbons (Fsp3) is 0.227. The lowest BCUT2D eigenvalue weighted by Gasteiger charge is -2.18. The predicted octanol–water partition coefficient (Wildman–Crippen LogP) is 6.84. The number of allylic oxidation sites excluding steroid dienone is 3. The second-order valence-electron chi connectivity index (χ2n) is 6.95. The minimum Gasteiger partial charge on any atom is -0.456 e. The molecule has 0 radical (unpaired) electrons. The minimum absolute atomic E-state index is 0.0850. The number of halogens is 8. The zero-order chi connectivity index (χ0) is 24.6. The van der Waals surface area contributed by atoms with E-state index in [1.54, 1.807) is 13.0 Å². The molecule has 3 rings (SSSR count). The van der Waals surface area contributed by atoms with E-state index in [-0.39, 0.29) is 27.9 Å². The van der Waals surface area contributed by atoms with Crippen LogP contribution in [0.5, 0.6) is 0 Å². The van der Waals surface area contributed by atoms with Crippen LogP contribution in [0.15, 0.2) is 52.4 Å². The Morgan fingerprint density at radius 2 is 1.73 bits per heavy atom. The van der Waals surface area contributed by atoms with E-state index in [4.69, 9.17) is 4.42 Å². The zero-order valence-corrected chi connectivity index (χ0v) is 17.0. The smallest absolute Gasteiger partial charge is 0.407 e. The first-order chi connectivity index (χ1) is 15.3. The van der Waals surface area contributed by atoms with E-state index in [1.165, 1.54) is 6.08 Å². The monoisotopic (exact) mass is 476 g/mol. The van der Waals surface area contributed by atoms with Gasteiger partial charge in [-0.05, 0) is 24.6 Å². The molecule has 0 atom stereocenters. The van der Waals surface area contributed by atoms with E-state index in [1.807, 2.05) is 5.32 Å². The van der Waals surface area contributed by atoms with Crippen LogP contribution in [0.25, 0.3) is 27.9 Å². The van der Waals surface area contributed by atoms with Gasteiger partial charge in [0.25, 0.3) is 0 Å². The van der Waals surface area contributed by atoms with Gasteiger partial charge in [0, 0.05) is 28.6 Å². The van der Waals surface area contributed by atoms with Crippen LogP contribution in [-0.2, 0) is 0 Å².